The number of alkyl halides is 2. The molecule has 1 aliphatic heterocycles. The van der Waals surface area contributed by atoms with Crippen LogP contribution in [0.5, 0.6) is 0 Å². The maximum absolute atomic E-state index is 17.6. The summed E-state index contributed by atoms with van der Waals surface area (Å²) in [5, 5.41) is 11.7. The Labute approximate surface area is 236 Å². The van der Waals surface area contributed by atoms with Crippen LogP contribution in [0.3, 0.4) is 0 Å². The first-order valence-corrected chi connectivity index (χ1v) is 14.8. The van der Waals surface area contributed by atoms with Crippen LogP contribution < -0.4 is 0 Å². The summed E-state index contributed by atoms with van der Waals surface area (Å²) >= 11 is 0. The van der Waals surface area contributed by atoms with Gasteiger partial charge in [-0.2, -0.15) is 0 Å². The van der Waals surface area contributed by atoms with Crippen molar-refractivity contribution in [3.05, 3.63) is 59.7 Å². The molecule has 1 aromatic rings. The number of allylic oxidation sites excluding steroid dienone is 4. The van der Waals surface area contributed by atoms with Crippen LogP contribution >= 0.6 is 0 Å². The van der Waals surface area contributed by atoms with Crippen molar-refractivity contribution < 1.29 is 23.5 Å². The van der Waals surface area contributed by atoms with E-state index in [0.717, 1.165) is 25.9 Å². The van der Waals surface area contributed by atoms with Crippen LogP contribution in [0.4, 0.5) is 8.78 Å². The summed E-state index contributed by atoms with van der Waals surface area (Å²) in [7, 11) is 3.56. The number of nitrogens with zero attached hydrogens (tertiary/aromatic N) is 2. The largest absolute Gasteiger partial charge is 0.390 e. The summed E-state index contributed by atoms with van der Waals surface area (Å²) in [6, 6.07) is 10.4. The lowest BCUT2D eigenvalue weighted by atomic mass is 9.43. The van der Waals surface area contributed by atoms with Crippen molar-refractivity contribution in [2.75, 3.05) is 33.7 Å². The second-order valence-corrected chi connectivity index (χ2v) is 13.8. The van der Waals surface area contributed by atoms with Crippen molar-refractivity contribution in [1.29, 1.82) is 0 Å². The summed E-state index contributed by atoms with van der Waals surface area (Å²) in [5.41, 5.74) is -3.52. The van der Waals surface area contributed by atoms with Gasteiger partial charge in [0.1, 0.15) is 6.17 Å². The SMILES string of the molecule is CN(C)C(=O)[C@@]12CN(CCCc3ccccc3)C[C@@H]1C[C@H]1[C@@H]3C[C@H](F)C4=CC(=O)C=C[C@]4(C)[C@@]3(F)[C@@H](O)C[C@@]12C. The Bertz CT molecular complexity index is 1270. The number of hydrogen-bond donors (Lipinski definition) is 1. The van der Waals surface area contributed by atoms with Gasteiger partial charge in [-0.15, -0.1) is 0 Å². The summed E-state index contributed by atoms with van der Waals surface area (Å²) in [6.07, 6.45) is 3.83. The van der Waals surface area contributed by atoms with E-state index < -0.39 is 40.1 Å². The van der Waals surface area contributed by atoms with Gasteiger partial charge in [0, 0.05) is 38.5 Å². The third-order valence-electron chi connectivity index (χ3n) is 11.8. The number of amides is 1. The Kier molecular flexibility index (Phi) is 6.47. The maximum Gasteiger partial charge on any atom is 0.230 e. The molecule has 3 saturated carbocycles. The number of rotatable bonds is 5. The zero-order chi connectivity index (χ0) is 28.7. The molecular weight excluding hydrogens is 510 g/mol. The highest BCUT2D eigenvalue weighted by Crippen LogP contribution is 2.74. The number of carbonyl (C=O) groups excluding carboxylic acids is 2. The molecule has 40 heavy (non-hydrogen) atoms. The first kappa shape index (κ1) is 27.8. The molecule has 0 aromatic heterocycles. The van der Waals surface area contributed by atoms with Crippen LogP contribution in [0.2, 0.25) is 0 Å². The monoisotopic (exact) mass is 552 g/mol. The van der Waals surface area contributed by atoms with E-state index in [1.807, 2.05) is 18.2 Å². The standard InChI is InChI=1S/C33H42F2N2O3/c1-30-13-12-23(38)16-26(30)27(34)17-25-24-15-22-19-37(14-8-11-21-9-6-5-7-10-21)20-32(22,29(40)36(3)4)31(24,2)18-28(39)33(25,30)35/h5-7,9-10,12-13,16,22,24-25,27-28,39H,8,11,14-15,17-20H2,1-4H3/t22-,24-,25-,27-,28-,30-,31-,32+,33-/m0/s1. The number of carbonyl (C=O) groups is 2. The van der Waals surface area contributed by atoms with Crippen molar-refractivity contribution in [1.82, 2.24) is 9.80 Å². The highest BCUT2D eigenvalue weighted by Gasteiger charge is 2.78. The van der Waals surface area contributed by atoms with Crippen molar-refractivity contribution in [3.8, 4) is 0 Å². The molecule has 7 heteroatoms. The molecule has 0 unspecified atom stereocenters. The molecule has 9 atom stereocenters. The Morgan fingerprint density at radius 2 is 1.88 bits per heavy atom. The topological polar surface area (TPSA) is 60.9 Å². The molecule has 6 rings (SSSR count). The first-order chi connectivity index (χ1) is 18.9. The summed E-state index contributed by atoms with van der Waals surface area (Å²) < 4.78 is 33.4. The highest BCUT2D eigenvalue weighted by molar-refractivity contribution is 6.01. The van der Waals surface area contributed by atoms with Crippen LogP contribution in [0.25, 0.3) is 0 Å². The van der Waals surface area contributed by atoms with E-state index in [1.54, 1.807) is 25.9 Å². The van der Waals surface area contributed by atoms with Crippen molar-refractivity contribution in [2.45, 2.75) is 63.9 Å². The van der Waals surface area contributed by atoms with Gasteiger partial charge in [-0.05, 0) is 86.1 Å². The third kappa shape index (κ3) is 3.55. The number of benzene rings is 1. The smallest absolute Gasteiger partial charge is 0.230 e. The fourth-order valence-corrected chi connectivity index (χ4v) is 9.95. The molecule has 5 nitrogen and oxygen atoms in total. The van der Waals surface area contributed by atoms with Gasteiger partial charge in [0.05, 0.1) is 11.5 Å². The van der Waals surface area contributed by atoms with Gasteiger partial charge >= 0.3 is 0 Å². The van der Waals surface area contributed by atoms with E-state index in [1.165, 1.54) is 23.8 Å². The number of hydrogen-bond acceptors (Lipinski definition) is 4. The Balaban J connectivity index is 1.33. The number of ketones is 1. The zero-order valence-electron chi connectivity index (χ0n) is 24.1. The molecule has 4 aliphatic carbocycles. The molecule has 0 radical (unpaired) electrons. The average Bonchev–Trinajstić information content (AvgIpc) is 3.39. The lowest BCUT2D eigenvalue weighted by Gasteiger charge is -2.63. The first-order valence-electron chi connectivity index (χ1n) is 14.8. The van der Waals surface area contributed by atoms with Gasteiger partial charge in [-0.25, -0.2) is 8.78 Å². The van der Waals surface area contributed by atoms with Crippen molar-refractivity contribution in [2.24, 2.45) is 34.0 Å². The van der Waals surface area contributed by atoms with E-state index in [9.17, 15) is 14.7 Å². The predicted octanol–water partition coefficient (Wildman–Crippen LogP) is 4.55. The molecule has 4 fully saturated rings. The van der Waals surface area contributed by atoms with Gasteiger partial charge < -0.3 is 14.9 Å². The minimum absolute atomic E-state index is 0.00922. The normalized spacial score (nSPS) is 43.9. The van der Waals surface area contributed by atoms with Gasteiger partial charge in [-0.1, -0.05) is 43.3 Å². The summed E-state index contributed by atoms with van der Waals surface area (Å²) in [4.78, 5) is 30.3. The fourth-order valence-electron chi connectivity index (χ4n) is 9.95. The second kappa shape index (κ2) is 9.32. The minimum Gasteiger partial charge on any atom is -0.390 e. The minimum atomic E-state index is -2.11. The van der Waals surface area contributed by atoms with E-state index in [2.05, 4.69) is 24.0 Å². The molecule has 1 heterocycles. The number of aryl methyl sites for hydroxylation is 1. The highest BCUT2D eigenvalue weighted by atomic mass is 19.1. The average molecular weight is 553 g/mol. The lowest BCUT2D eigenvalue weighted by molar-refractivity contribution is -0.213. The predicted molar refractivity (Wildman–Crippen MR) is 150 cm³/mol. The number of aliphatic hydroxyl groups is 1. The number of likely N-dealkylation sites (tertiary alicyclic amines) is 1. The molecule has 216 valence electrons. The Morgan fingerprint density at radius 1 is 1.15 bits per heavy atom. The van der Waals surface area contributed by atoms with Gasteiger partial charge in [-0.3, -0.25) is 9.59 Å². The van der Waals surface area contributed by atoms with Crippen molar-refractivity contribution in [3.63, 3.8) is 0 Å². The van der Waals surface area contributed by atoms with Crippen LogP contribution in [0.15, 0.2) is 54.1 Å². The van der Waals surface area contributed by atoms with Gasteiger partial charge in [0.25, 0.3) is 0 Å². The Morgan fingerprint density at radius 3 is 2.58 bits per heavy atom. The summed E-state index contributed by atoms with van der Waals surface area (Å²) in [6.45, 7) is 5.89. The molecule has 1 saturated heterocycles. The van der Waals surface area contributed by atoms with Crippen LogP contribution in [0, 0.1) is 34.0 Å². The zero-order valence-corrected chi connectivity index (χ0v) is 24.1. The van der Waals surface area contributed by atoms with E-state index >= 15 is 8.78 Å². The van der Waals surface area contributed by atoms with E-state index in [-0.39, 0.29) is 41.9 Å². The molecule has 0 bridgehead atoms. The van der Waals surface area contributed by atoms with Crippen LogP contribution in [-0.2, 0) is 16.0 Å². The quantitative estimate of drug-likeness (QED) is 0.582. The molecular formula is C33H42F2N2O3. The summed E-state index contributed by atoms with van der Waals surface area (Å²) in [5.74, 6) is -1.29. The van der Waals surface area contributed by atoms with Gasteiger partial charge in [0.2, 0.25) is 5.91 Å². The fraction of sp³-hybridized carbons (Fsp3) is 0.636. The van der Waals surface area contributed by atoms with Crippen LogP contribution in [-0.4, -0.2) is 78.3 Å². The van der Waals surface area contributed by atoms with E-state index in [4.69, 9.17) is 0 Å². The number of halogens is 2. The van der Waals surface area contributed by atoms with Gasteiger partial charge in [0.15, 0.2) is 11.5 Å². The van der Waals surface area contributed by atoms with E-state index in [0.29, 0.717) is 13.0 Å². The number of aliphatic hydroxyl groups excluding tert-OH is 1. The molecule has 5 aliphatic rings. The molecule has 0 spiro atoms. The lowest BCUT2D eigenvalue weighted by Crippen LogP contribution is -2.70. The molecule has 1 N–H and O–H groups in total. The molecule has 1 aromatic carbocycles. The second-order valence-electron chi connectivity index (χ2n) is 13.8. The van der Waals surface area contributed by atoms with Crippen molar-refractivity contribution >= 4 is 11.7 Å². The maximum atomic E-state index is 17.6. The molecule has 1 amide bonds. The van der Waals surface area contributed by atoms with Crippen LogP contribution in [0.1, 0.15) is 45.1 Å². The Hall–Kier alpha value is -2.38. The third-order valence-corrected chi connectivity index (χ3v) is 11.8. The number of fused-ring (bicyclic) bond motifs is 7.